The fourth-order valence-corrected chi connectivity index (χ4v) is 1.14. The van der Waals surface area contributed by atoms with Crippen LogP contribution in [0.25, 0.3) is 0 Å². The maximum atomic E-state index is 11.6. The highest BCUT2D eigenvalue weighted by Gasteiger charge is 2.13. The van der Waals surface area contributed by atoms with Crippen LogP contribution in [0, 0.1) is 0 Å². The minimum Gasteiger partial charge on any atom is -0.505 e. The summed E-state index contributed by atoms with van der Waals surface area (Å²) in [7, 11) is 1.65. The van der Waals surface area contributed by atoms with Gasteiger partial charge in [-0.3, -0.25) is 14.6 Å². The van der Waals surface area contributed by atoms with Gasteiger partial charge in [0, 0.05) is 19.8 Å². The monoisotopic (exact) mass is 237 g/mol. The van der Waals surface area contributed by atoms with E-state index in [2.05, 4.69) is 10.3 Å². The molecule has 0 unspecified atom stereocenters. The third-order valence-electron chi connectivity index (χ3n) is 2.34. The minimum absolute atomic E-state index is 0.0923. The molecule has 6 heteroatoms. The second kappa shape index (κ2) is 5.83. The number of carbonyl (C=O) groups excluding carboxylic acids is 2. The maximum Gasteiger partial charge on any atom is 0.255 e. The van der Waals surface area contributed by atoms with Gasteiger partial charge in [-0.25, -0.2) is 0 Å². The Labute approximate surface area is 99.3 Å². The largest absolute Gasteiger partial charge is 0.505 e. The number of aromatic hydroxyl groups is 1. The molecular formula is C11H15N3O3. The molecule has 0 aromatic carbocycles. The number of carbonyl (C=O) groups is 2. The Morgan fingerprint density at radius 1 is 1.53 bits per heavy atom. The van der Waals surface area contributed by atoms with E-state index in [9.17, 15) is 14.7 Å². The summed E-state index contributed by atoms with van der Waals surface area (Å²) < 4.78 is 0. The highest BCUT2D eigenvalue weighted by Crippen LogP contribution is 2.12. The molecule has 17 heavy (non-hydrogen) atoms. The van der Waals surface area contributed by atoms with Crippen molar-refractivity contribution in [3.05, 3.63) is 24.0 Å². The fraction of sp³-hybridized carbons (Fsp3) is 0.364. The van der Waals surface area contributed by atoms with Gasteiger partial charge in [0.25, 0.3) is 5.91 Å². The van der Waals surface area contributed by atoms with Crippen molar-refractivity contribution >= 4 is 11.8 Å². The molecule has 0 aliphatic carbocycles. The van der Waals surface area contributed by atoms with Crippen molar-refractivity contribution in [1.82, 2.24) is 15.2 Å². The molecule has 0 radical (unpaired) electrons. The second-order valence-corrected chi connectivity index (χ2v) is 3.48. The number of likely N-dealkylation sites (N-methyl/N-ethyl adjacent to an activating group) is 1. The lowest BCUT2D eigenvalue weighted by Crippen LogP contribution is -2.38. The van der Waals surface area contributed by atoms with Gasteiger partial charge in [-0.05, 0) is 13.0 Å². The minimum atomic E-state index is -0.497. The van der Waals surface area contributed by atoms with Crippen LogP contribution < -0.4 is 5.32 Å². The van der Waals surface area contributed by atoms with Gasteiger partial charge in [-0.15, -0.1) is 0 Å². The Morgan fingerprint density at radius 2 is 2.24 bits per heavy atom. The van der Waals surface area contributed by atoms with Gasteiger partial charge in [0.1, 0.15) is 5.75 Å². The third kappa shape index (κ3) is 3.44. The molecule has 1 rings (SSSR count). The number of hydrogen-bond donors (Lipinski definition) is 2. The molecule has 0 aliphatic heterocycles. The quantitative estimate of drug-likeness (QED) is 0.772. The number of pyridine rings is 1. The summed E-state index contributed by atoms with van der Waals surface area (Å²) in [5.41, 5.74) is 0.104. The van der Waals surface area contributed by atoms with Crippen LogP contribution in [-0.2, 0) is 4.79 Å². The Morgan fingerprint density at radius 3 is 2.82 bits per heavy atom. The number of aromatic nitrogens is 1. The van der Waals surface area contributed by atoms with Gasteiger partial charge in [0.15, 0.2) is 0 Å². The molecule has 0 bridgehead atoms. The van der Waals surface area contributed by atoms with Crippen LogP contribution in [0.2, 0.25) is 0 Å². The van der Waals surface area contributed by atoms with Crippen molar-refractivity contribution in [2.24, 2.45) is 0 Å². The van der Waals surface area contributed by atoms with Crippen molar-refractivity contribution in [1.29, 1.82) is 0 Å². The smallest absolute Gasteiger partial charge is 0.255 e. The lowest BCUT2D eigenvalue weighted by molar-refractivity contribution is -0.128. The van der Waals surface area contributed by atoms with E-state index in [0.29, 0.717) is 6.54 Å². The second-order valence-electron chi connectivity index (χ2n) is 3.48. The van der Waals surface area contributed by atoms with Gasteiger partial charge in [0.05, 0.1) is 18.3 Å². The molecule has 6 nitrogen and oxygen atoms in total. The number of nitrogens with one attached hydrogen (secondary N) is 1. The normalized spacial score (nSPS) is 9.76. The molecule has 1 aromatic heterocycles. The Balaban J connectivity index is 2.57. The van der Waals surface area contributed by atoms with E-state index >= 15 is 0 Å². The van der Waals surface area contributed by atoms with Crippen molar-refractivity contribution in [3.63, 3.8) is 0 Å². The van der Waals surface area contributed by atoms with E-state index < -0.39 is 5.91 Å². The average molecular weight is 237 g/mol. The van der Waals surface area contributed by atoms with Gasteiger partial charge in [0.2, 0.25) is 5.91 Å². The topological polar surface area (TPSA) is 82.5 Å². The molecule has 2 N–H and O–H groups in total. The summed E-state index contributed by atoms with van der Waals surface area (Å²) in [5.74, 6) is -0.890. The van der Waals surface area contributed by atoms with Gasteiger partial charge in [-0.2, -0.15) is 0 Å². The van der Waals surface area contributed by atoms with Gasteiger partial charge < -0.3 is 15.3 Å². The van der Waals surface area contributed by atoms with Crippen molar-refractivity contribution < 1.29 is 14.7 Å². The summed E-state index contributed by atoms with van der Waals surface area (Å²) in [4.78, 5) is 28.2. The van der Waals surface area contributed by atoms with Crippen LogP contribution in [0.1, 0.15) is 17.3 Å². The molecule has 0 saturated carbocycles. The van der Waals surface area contributed by atoms with Crippen LogP contribution in [0.15, 0.2) is 18.5 Å². The van der Waals surface area contributed by atoms with E-state index in [4.69, 9.17) is 0 Å². The maximum absolute atomic E-state index is 11.6. The number of hydrogen-bond acceptors (Lipinski definition) is 4. The number of nitrogens with zero attached hydrogens (tertiary/aromatic N) is 2. The highest BCUT2D eigenvalue weighted by molar-refractivity contribution is 5.98. The molecule has 1 aromatic rings. The predicted octanol–water partition coefficient (Wildman–Crippen LogP) is -0.00470. The molecule has 0 saturated heterocycles. The summed E-state index contributed by atoms with van der Waals surface area (Å²) in [6.45, 7) is 2.33. The first-order chi connectivity index (χ1) is 8.06. The molecule has 0 spiro atoms. The zero-order chi connectivity index (χ0) is 12.8. The zero-order valence-electron chi connectivity index (χ0n) is 9.80. The summed E-state index contributed by atoms with van der Waals surface area (Å²) >= 11 is 0. The SMILES string of the molecule is CCN(C)C(=O)CNC(=O)c1ccncc1O. The lowest BCUT2D eigenvalue weighted by atomic mass is 10.2. The zero-order valence-corrected chi connectivity index (χ0v) is 9.80. The number of rotatable bonds is 4. The first-order valence-corrected chi connectivity index (χ1v) is 5.21. The highest BCUT2D eigenvalue weighted by atomic mass is 16.3. The first kappa shape index (κ1) is 13.0. The molecule has 1 heterocycles. The van der Waals surface area contributed by atoms with Crippen molar-refractivity contribution in [2.45, 2.75) is 6.92 Å². The molecule has 2 amide bonds. The fourth-order valence-electron chi connectivity index (χ4n) is 1.14. The van der Waals surface area contributed by atoms with E-state index in [1.807, 2.05) is 6.92 Å². The average Bonchev–Trinajstić information content (AvgIpc) is 2.35. The van der Waals surface area contributed by atoms with Crippen LogP contribution in [0.3, 0.4) is 0 Å². The van der Waals surface area contributed by atoms with Gasteiger partial charge in [-0.1, -0.05) is 0 Å². The van der Waals surface area contributed by atoms with Crippen LogP contribution in [0.5, 0.6) is 5.75 Å². The van der Waals surface area contributed by atoms with Crippen molar-refractivity contribution in [3.8, 4) is 5.75 Å². The summed E-state index contributed by atoms with van der Waals surface area (Å²) in [5, 5.41) is 11.8. The molecule has 92 valence electrons. The third-order valence-corrected chi connectivity index (χ3v) is 2.34. The van der Waals surface area contributed by atoms with Crippen LogP contribution in [0.4, 0.5) is 0 Å². The summed E-state index contributed by atoms with van der Waals surface area (Å²) in [6.07, 6.45) is 2.57. The number of amides is 2. The van der Waals surface area contributed by atoms with E-state index in [0.717, 1.165) is 0 Å². The standard InChI is InChI=1S/C11H15N3O3/c1-3-14(2)10(16)7-13-11(17)8-4-5-12-6-9(8)15/h4-6,15H,3,7H2,1-2H3,(H,13,17). The lowest BCUT2D eigenvalue weighted by Gasteiger charge is -2.14. The molecule has 0 aliphatic rings. The molecule has 0 fully saturated rings. The Kier molecular flexibility index (Phi) is 4.45. The van der Waals surface area contributed by atoms with E-state index in [1.165, 1.54) is 23.4 Å². The van der Waals surface area contributed by atoms with E-state index in [-0.39, 0.29) is 23.8 Å². The molecule has 0 atom stereocenters. The molecular weight excluding hydrogens is 222 g/mol. The first-order valence-electron chi connectivity index (χ1n) is 5.21. The van der Waals surface area contributed by atoms with Crippen molar-refractivity contribution in [2.75, 3.05) is 20.1 Å². The Hall–Kier alpha value is -2.11. The Bertz CT molecular complexity index is 420. The van der Waals surface area contributed by atoms with Gasteiger partial charge >= 0.3 is 0 Å². The summed E-state index contributed by atoms with van der Waals surface area (Å²) in [6, 6.07) is 1.39. The van der Waals surface area contributed by atoms with E-state index in [1.54, 1.807) is 7.05 Å². The van der Waals surface area contributed by atoms with Crippen LogP contribution >= 0.6 is 0 Å². The van der Waals surface area contributed by atoms with Crippen LogP contribution in [-0.4, -0.2) is 46.9 Å². The predicted molar refractivity (Wildman–Crippen MR) is 61.5 cm³/mol.